The fourth-order valence-electron chi connectivity index (χ4n) is 1.07. The largest absolute Gasteiger partial charge is 0.330 e. The molecule has 0 aliphatic heterocycles. The lowest BCUT2D eigenvalue weighted by Crippen LogP contribution is -2.04. The first-order valence-corrected chi connectivity index (χ1v) is 5.13. The molecule has 1 rings (SSSR count). The van der Waals surface area contributed by atoms with E-state index < -0.39 is 0 Å². The van der Waals surface area contributed by atoms with Gasteiger partial charge in [-0.2, -0.15) is 0 Å². The number of thiazole rings is 1. The average molecular weight is 184 g/mol. The molecule has 12 heavy (non-hydrogen) atoms. The van der Waals surface area contributed by atoms with Gasteiger partial charge in [0.15, 0.2) is 0 Å². The van der Waals surface area contributed by atoms with Crippen molar-refractivity contribution in [1.29, 1.82) is 0 Å². The predicted octanol–water partition coefficient (Wildman–Crippen LogP) is 2.08. The molecule has 0 amide bonds. The molecule has 3 heteroatoms. The molecule has 0 unspecified atom stereocenters. The highest BCUT2D eigenvalue weighted by Gasteiger charge is 2.08. The topological polar surface area (TPSA) is 38.9 Å². The fourth-order valence-corrected chi connectivity index (χ4v) is 2.04. The second kappa shape index (κ2) is 4.01. The van der Waals surface area contributed by atoms with Gasteiger partial charge in [-0.05, 0) is 13.5 Å². The Morgan fingerprint density at radius 2 is 2.17 bits per heavy atom. The van der Waals surface area contributed by atoms with E-state index in [1.165, 1.54) is 15.6 Å². The molecule has 0 fully saturated rings. The van der Waals surface area contributed by atoms with Gasteiger partial charge < -0.3 is 5.73 Å². The Bertz CT molecular complexity index is 253. The van der Waals surface area contributed by atoms with Crippen molar-refractivity contribution in [3.63, 3.8) is 0 Å². The van der Waals surface area contributed by atoms with Crippen LogP contribution in [0.25, 0.3) is 0 Å². The van der Waals surface area contributed by atoms with Crippen LogP contribution in [-0.2, 0) is 6.42 Å². The van der Waals surface area contributed by atoms with E-state index in [1.807, 2.05) is 0 Å². The summed E-state index contributed by atoms with van der Waals surface area (Å²) in [6.07, 6.45) is 0.912. The number of nitrogens with zero attached hydrogens (tertiary/aromatic N) is 1. The standard InChI is InChI=1S/C9H16N2S/c1-6(2)9-11-8(4-5-10)7(3)12-9/h6H,4-5,10H2,1-3H3. The van der Waals surface area contributed by atoms with E-state index in [9.17, 15) is 0 Å². The lowest BCUT2D eigenvalue weighted by molar-refractivity contribution is 0.829. The predicted molar refractivity (Wildman–Crippen MR) is 53.7 cm³/mol. The summed E-state index contributed by atoms with van der Waals surface area (Å²) in [5, 5.41) is 1.23. The summed E-state index contributed by atoms with van der Waals surface area (Å²) < 4.78 is 0. The lowest BCUT2D eigenvalue weighted by Gasteiger charge is -1.95. The molecule has 1 heterocycles. The first-order valence-electron chi connectivity index (χ1n) is 4.31. The molecule has 0 bridgehead atoms. The SMILES string of the molecule is Cc1sc(C(C)C)nc1CCN. The van der Waals surface area contributed by atoms with Gasteiger partial charge in [0.25, 0.3) is 0 Å². The van der Waals surface area contributed by atoms with E-state index in [0.29, 0.717) is 12.5 Å². The Labute approximate surface area is 77.8 Å². The maximum atomic E-state index is 5.48. The maximum absolute atomic E-state index is 5.48. The minimum atomic E-state index is 0.542. The van der Waals surface area contributed by atoms with Crippen LogP contribution in [0.3, 0.4) is 0 Å². The van der Waals surface area contributed by atoms with Crippen LogP contribution in [0.5, 0.6) is 0 Å². The summed E-state index contributed by atoms with van der Waals surface area (Å²) >= 11 is 1.80. The number of hydrogen-bond donors (Lipinski definition) is 1. The second-order valence-electron chi connectivity index (χ2n) is 3.25. The van der Waals surface area contributed by atoms with Crippen molar-refractivity contribution < 1.29 is 0 Å². The average Bonchev–Trinajstić information content (AvgIpc) is 2.34. The summed E-state index contributed by atoms with van der Waals surface area (Å²) in [6, 6.07) is 0. The third-order valence-corrected chi connectivity index (χ3v) is 3.10. The Balaban J connectivity index is 2.85. The third kappa shape index (κ3) is 2.05. The number of aromatic nitrogens is 1. The van der Waals surface area contributed by atoms with Gasteiger partial charge in [-0.15, -0.1) is 11.3 Å². The van der Waals surface area contributed by atoms with Crippen LogP contribution < -0.4 is 5.73 Å². The number of aryl methyl sites for hydroxylation is 1. The minimum absolute atomic E-state index is 0.542. The van der Waals surface area contributed by atoms with Crippen LogP contribution in [0.1, 0.15) is 35.3 Å². The molecular weight excluding hydrogens is 168 g/mol. The number of rotatable bonds is 3. The van der Waals surface area contributed by atoms with E-state index in [2.05, 4.69) is 25.8 Å². The summed E-state index contributed by atoms with van der Waals surface area (Å²) in [5.41, 5.74) is 6.67. The quantitative estimate of drug-likeness (QED) is 0.781. The summed E-state index contributed by atoms with van der Waals surface area (Å²) in [5.74, 6) is 0.542. The van der Waals surface area contributed by atoms with Gasteiger partial charge in [-0.3, -0.25) is 0 Å². The van der Waals surface area contributed by atoms with Crippen LogP contribution in [-0.4, -0.2) is 11.5 Å². The molecule has 2 nitrogen and oxygen atoms in total. The molecule has 1 aromatic heterocycles. The van der Waals surface area contributed by atoms with Crippen LogP contribution >= 0.6 is 11.3 Å². The van der Waals surface area contributed by atoms with Gasteiger partial charge in [0.2, 0.25) is 0 Å². The van der Waals surface area contributed by atoms with Crippen molar-refractivity contribution in [2.24, 2.45) is 5.73 Å². The van der Waals surface area contributed by atoms with Crippen molar-refractivity contribution in [3.05, 3.63) is 15.6 Å². The van der Waals surface area contributed by atoms with E-state index in [0.717, 1.165) is 6.42 Å². The molecule has 68 valence electrons. The maximum Gasteiger partial charge on any atom is 0.0956 e. The molecule has 0 saturated heterocycles. The zero-order chi connectivity index (χ0) is 9.14. The smallest absolute Gasteiger partial charge is 0.0956 e. The molecule has 0 aliphatic carbocycles. The van der Waals surface area contributed by atoms with E-state index >= 15 is 0 Å². The highest BCUT2D eigenvalue weighted by Crippen LogP contribution is 2.23. The number of nitrogens with two attached hydrogens (primary N) is 1. The van der Waals surface area contributed by atoms with Crippen molar-refractivity contribution in [3.8, 4) is 0 Å². The van der Waals surface area contributed by atoms with Crippen LogP contribution in [0.4, 0.5) is 0 Å². The second-order valence-corrected chi connectivity index (χ2v) is 4.48. The van der Waals surface area contributed by atoms with Gasteiger partial charge in [0.05, 0.1) is 10.7 Å². The zero-order valence-electron chi connectivity index (χ0n) is 7.92. The fraction of sp³-hybridized carbons (Fsp3) is 0.667. The zero-order valence-corrected chi connectivity index (χ0v) is 8.74. The van der Waals surface area contributed by atoms with Gasteiger partial charge in [-0.1, -0.05) is 13.8 Å². The van der Waals surface area contributed by atoms with E-state index in [-0.39, 0.29) is 0 Å². The first kappa shape index (κ1) is 9.68. The van der Waals surface area contributed by atoms with E-state index in [4.69, 9.17) is 5.73 Å². The Hall–Kier alpha value is -0.410. The first-order chi connectivity index (χ1) is 5.65. The van der Waals surface area contributed by atoms with Gasteiger partial charge in [-0.25, -0.2) is 4.98 Å². The number of hydrogen-bond acceptors (Lipinski definition) is 3. The monoisotopic (exact) mass is 184 g/mol. The van der Waals surface area contributed by atoms with E-state index in [1.54, 1.807) is 11.3 Å². The van der Waals surface area contributed by atoms with Crippen LogP contribution in [0, 0.1) is 6.92 Å². The molecule has 0 aliphatic rings. The van der Waals surface area contributed by atoms with Crippen molar-refractivity contribution in [2.45, 2.75) is 33.1 Å². The normalized spacial score (nSPS) is 11.1. The lowest BCUT2D eigenvalue weighted by atomic mass is 10.2. The van der Waals surface area contributed by atoms with Crippen LogP contribution in [0.2, 0.25) is 0 Å². The highest BCUT2D eigenvalue weighted by molar-refractivity contribution is 7.11. The molecule has 0 spiro atoms. The minimum Gasteiger partial charge on any atom is -0.330 e. The molecule has 0 saturated carbocycles. The summed E-state index contributed by atoms with van der Waals surface area (Å²) in [4.78, 5) is 5.86. The van der Waals surface area contributed by atoms with Gasteiger partial charge in [0.1, 0.15) is 0 Å². The van der Waals surface area contributed by atoms with Crippen LogP contribution in [0.15, 0.2) is 0 Å². The Morgan fingerprint density at radius 3 is 2.58 bits per heavy atom. The molecule has 0 aromatic carbocycles. The highest BCUT2D eigenvalue weighted by atomic mass is 32.1. The summed E-state index contributed by atoms with van der Waals surface area (Å²) in [7, 11) is 0. The van der Waals surface area contributed by atoms with Gasteiger partial charge >= 0.3 is 0 Å². The molecule has 1 aromatic rings. The van der Waals surface area contributed by atoms with Crippen molar-refractivity contribution >= 4 is 11.3 Å². The van der Waals surface area contributed by atoms with Crippen molar-refractivity contribution in [1.82, 2.24) is 4.98 Å². The Kier molecular flexibility index (Phi) is 3.23. The molecule has 0 atom stereocenters. The third-order valence-electron chi connectivity index (χ3n) is 1.78. The Morgan fingerprint density at radius 1 is 1.50 bits per heavy atom. The molecule has 0 radical (unpaired) electrons. The summed E-state index contributed by atoms with van der Waals surface area (Å²) in [6.45, 7) is 7.16. The van der Waals surface area contributed by atoms with Crippen molar-refractivity contribution in [2.75, 3.05) is 6.54 Å². The molecular formula is C9H16N2S. The molecule has 2 N–H and O–H groups in total. The van der Waals surface area contributed by atoms with Gasteiger partial charge in [0, 0.05) is 17.2 Å².